The molecular formula is C14H20ClN. The number of fused-ring (bicyclic) bond motifs is 1. The van der Waals surface area contributed by atoms with E-state index in [2.05, 4.69) is 43.5 Å². The molecule has 16 heavy (non-hydrogen) atoms. The van der Waals surface area contributed by atoms with Gasteiger partial charge in [-0.15, -0.1) is 0 Å². The van der Waals surface area contributed by atoms with Gasteiger partial charge in [-0.2, -0.15) is 0 Å². The maximum Gasteiger partial charge on any atom is 0.0392 e. The Labute approximate surface area is 103 Å². The van der Waals surface area contributed by atoms with Crippen molar-refractivity contribution in [3.8, 4) is 0 Å². The monoisotopic (exact) mass is 237 g/mol. The van der Waals surface area contributed by atoms with Crippen LogP contribution in [-0.4, -0.2) is 12.1 Å². The van der Waals surface area contributed by atoms with Crippen molar-refractivity contribution in [2.24, 2.45) is 5.92 Å². The van der Waals surface area contributed by atoms with E-state index in [1.54, 1.807) is 0 Å². The highest BCUT2D eigenvalue weighted by molar-refractivity contribution is 6.31. The molecule has 3 atom stereocenters. The van der Waals surface area contributed by atoms with Gasteiger partial charge in [0.1, 0.15) is 0 Å². The molecule has 1 nitrogen and oxygen atoms in total. The van der Waals surface area contributed by atoms with Crippen LogP contribution in [0.15, 0.2) is 34.9 Å². The lowest BCUT2D eigenvalue weighted by Gasteiger charge is -2.32. The van der Waals surface area contributed by atoms with Crippen LogP contribution < -0.4 is 5.32 Å². The molecule has 0 aromatic heterocycles. The molecule has 2 rings (SSSR count). The van der Waals surface area contributed by atoms with Gasteiger partial charge in [0.05, 0.1) is 0 Å². The van der Waals surface area contributed by atoms with Crippen LogP contribution in [0.2, 0.25) is 0 Å². The van der Waals surface area contributed by atoms with E-state index < -0.39 is 0 Å². The second-order valence-corrected chi connectivity index (χ2v) is 5.19. The Morgan fingerprint density at radius 3 is 2.94 bits per heavy atom. The minimum absolute atomic E-state index is 0.455. The first-order valence-electron chi connectivity index (χ1n) is 6.18. The van der Waals surface area contributed by atoms with Crippen molar-refractivity contribution in [1.82, 2.24) is 5.32 Å². The summed E-state index contributed by atoms with van der Waals surface area (Å²) < 4.78 is 0. The average Bonchev–Trinajstić information content (AvgIpc) is 2.31. The molecule has 0 radical (unpaired) electrons. The van der Waals surface area contributed by atoms with Gasteiger partial charge in [-0.25, -0.2) is 0 Å². The molecule has 0 saturated carbocycles. The van der Waals surface area contributed by atoms with E-state index in [1.165, 1.54) is 12.0 Å². The van der Waals surface area contributed by atoms with Crippen LogP contribution in [0.25, 0.3) is 0 Å². The number of halogens is 1. The molecule has 0 fully saturated rings. The van der Waals surface area contributed by atoms with Crippen molar-refractivity contribution in [3.05, 3.63) is 34.9 Å². The van der Waals surface area contributed by atoms with Gasteiger partial charge in [-0.1, -0.05) is 42.3 Å². The molecule has 0 spiro atoms. The highest BCUT2D eigenvalue weighted by Crippen LogP contribution is 2.27. The maximum atomic E-state index is 6.19. The zero-order valence-corrected chi connectivity index (χ0v) is 10.8. The normalized spacial score (nSPS) is 34.6. The van der Waals surface area contributed by atoms with Crippen LogP contribution in [-0.2, 0) is 0 Å². The molecule has 0 saturated heterocycles. The van der Waals surface area contributed by atoms with Crippen LogP contribution in [0.5, 0.6) is 0 Å². The van der Waals surface area contributed by atoms with Gasteiger partial charge in [-0.05, 0) is 38.2 Å². The van der Waals surface area contributed by atoms with Crippen LogP contribution in [0.1, 0.15) is 33.1 Å². The molecule has 1 heterocycles. The van der Waals surface area contributed by atoms with Gasteiger partial charge in [0.15, 0.2) is 0 Å². The zero-order valence-electron chi connectivity index (χ0n) is 10.0. The van der Waals surface area contributed by atoms with Gasteiger partial charge in [0.2, 0.25) is 0 Å². The summed E-state index contributed by atoms with van der Waals surface area (Å²) in [4.78, 5) is 0. The van der Waals surface area contributed by atoms with Gasteiger partial charge in [0.25, 0.3) is 0 Å². The van der Waals surface area contributed by atoms with Crippen molar-refractivity contribution < 1.29 is 0 Å². The molecule has 2 heteroatoms. The van der Waals surface area contributed by atoms with Crippen molar-refractivity contribution in [3.63, 3.8) is 0 Å². The van der Waals surface area contributed by atoms with E-state index in [0.29, 0.717) is 18.0 Å². The first kappa shape index (κ1) is 11.9. The SMILES string of the molecule is CCC1C=CC2CCC(C)=C(Cl)C=CC2N1. The lowest BCUT2D eigenvalue weighted by atomic mass is 9.86. The van der Waals surface area contributed by atoms with Gasteiger partial charge < -0.3 is 5.32 Å². The van der Waals surface area contributed by atoms with Crippen molar-refractivity contribution >= 4 is 11.6 Å². The standard InChI is InChI=1S/C14H20ClN/c1-3-12-7-6-11-5-4-10(2)13(15)8-9-14(11)16-12/h6-9,11-12,14,16H,3-5H2,1-2H3. The minimum Gasteiger partial charge on any atom is -0.304 e. The first-order chi connectivity index (χ1) is 7.70. The molecule has 3 unspecified atom stereocenters. The third-order valence-electron chi connectivity index (χ3n) is 3.61. The Hall–Kier alpha value is -0.530. The highest BCUT2D eigenvalue weighted by Gasteiger charge is 2.23. The Morgan fingerprint density at radius 2 is 2.19 bits per heavy atom. The Morgan fingerprint density at radius 1 is 1.38 bits per heavy atom. The molecule has 1 aliphatic carbocycles. The molecule has 0 amide bonds. The van der Waals surface area contributed by atoms with E-state index in [0.717, 1.165) is 17.9 Å². The molecule has 88 valence electrons. The van der Waals surface area contributed by atoms with Crippen molar-refractivity contribution in [2.45, 2.75) is 45.2 Å². The fourth-order valence-corrected chi connectivity index (χ4v) is 2.55. The second kappa shape index (κ2) is 5.20. The fourth-order valence-electron chi connectivity index (χ4n) is 2.38. The second-order valence-electron chi connectivity index (χ2n) is 4.78. The lowest BCUT2D eigenvalue weighted by Crippen LogP contribution is -2.43. The predicted molar refractivity (Wildman–Crippen MR) is 70.6 cm³/mol. The van der Waals surface area contributed by atoms with Gasteiger partial charge >= 0.3 is 0 Å². The van der Waals surface area contributed by atoms with Gasteiger partial charge in [-0.3, -0.25) is 0 Å². The van der Waals surface area contributed by atoms with Gasteiger partial charge in [0, 0.05) is 17.1 Å². The minimum atomic E-state index is 0.455. The number of rotatable bonds is 1. The average molecular weight is 238 g/mol. The summed E-state index contributed by atoms with van der Waals surface area (Å²) in [5, 5.41) is 4.57. The highest BCUT2D eigenvalue weighted by atomic mass is 35.5. The van der Waals surface area contributed by atoms with Crippen molar-refractivity contribution in [2.75, 3.05) is 0 Å². The number of nitrogens with one attached hydrogen (secondary N) is 1. The smallest absolute Gasteiger partial charge is 0.0392 e. The quantitative estimate of drug-likeness (QED) is 0.685. The largest absolute Gasteiger partial charge is 0.304 e. The third-order valence-corrected chi connectivity index (χ3v) is 4.06. The fraction of sp³-hybridized carbons (Fsp3) is 0.571. The third kappa shape index (κ3) is 2.58. The summed E-state index contributed by atoms with van der Waals surface area (Å²) in [5.74, 6) is 0.624. The van der Waals surface area contributed by atoms with E-state index in [1.807, 2.05) is 0 Å². The van der Waals surface area contributed by atoms with Crippen LogP contribution in [0.3, 0.4) is 0 Å². The topological polar surface area (TPSA) is 12.0 Å². The molecule has 0 aromatic carbocycles. The summed E-state index contributed by atoms with van der Waals surface area (Å²) in [6, 6.07) is 0.978. The van der Waals surface area contributed by atoms with E-state index in [-0.39, 0.29) is 0 Å². The summed E-state index contributed by atoms with van der Waals surface area (Å²) in [6.45, 7) is 4.34. The van der Waals surface area contributed by atoms with Crippen molar-refractivity contribution in [1.29, 1.82) is 0 Å². The molecule has 0 aromatic rings. The lowest BCUT2D eigenvalue weighted by molar-refractivity contribution is 0.391. The zero-order chi connectivity index (χ0) is 11.5. The molecule has 2 aliphatic rings. The van der Waals surface area contributed by atoms with E-state index >= 15 is 0 Å². The summed E-state index contributed by atoms with van der Waals surface area (Å²) in [7, 11) is 0. The predicted octanol–water partition coefficient (Wildman–Crippen LogP) is 3.77. The molecular weight excluding hydrogens is 218 g/mol. The number of hydrogen-bond donors (Lipinski definition) is 1. The summed E-state index contributed by atoms with van der Waals surface area (Å²) in [5.41, 5.74) is 1.31. The van der Waals surface area contributed by atoms with Crippen LogP contribution >= 0.6 is 11.6 Å². The van der Waals surface area contributed by atoms with Crippen LogP contribution in [0.4, 0.5) is 0 Å². The Bertz CT molecular complexity index is 341. The number of hydrogen-bond acceptors (Lipinski definition) is 1. The van der Waals surface area contributed by atoms with E-state index in [9.17, 15) is 0 Å². The molecule has 1 aliphatic heterocycles. The molecule has 1 N–H and O–H groups in total. The summed E-state index contributed by atoms with van der Waals surface area (Å²) >= 11 is 6.19. The van der Waals surface area contributed by atoms with E-state index in [4.69, 9.17) is 11.6 Å². The summed E-state index contributed by atoms with van der Waals surface area (Å²) in [6.07, 6.45) is 12.4. The Balaban J connectivity index is 2.17. The maximum absolute atomic E-state index is 6.19. The molecule has 0 bridgehead atoms. The number of allylic oxidation sites excluding steroid dienone is 3. The first-order valence-corrected chi connectivity index (χ1v) is 6.56. The Kier molecular flexibility index (Phi) is 3.88. The van der Waals surface area contributed by atoms with Crippen LogP contribution in [0, 0.1) is 5.92 Å².